The highest BCUT2D eigenvalue weighted by Gasteiger charge is 2.21. The van der Waals surface area contributed by atoms with Crippen molar-refractivity contribution in [1.29, 1.82) is 5.26 Å². The fourth-order valence-corrected chi connectivity index (χ4v) is 1.23. The predicted octanol–water partition coefficient (Wildman–Crippen LogP) is 0.771. The van der Waals surface area contributed by atoms with Gasteiger partial charge >= 0.3 is 11.7 Å². The third kappa shape index (κ3) is 2.52. The first-order valence-corrected chi connectivity index (χ1v) is 4.89. The van der Waals surface area contributed by atoms with Crippen molar-refractivity contribution in [2.45, 2.75) is 13.0 Å². The first-order valence-electron chi connectivity index (χ1n) is 4.89. The van der Waals surface area contributed by atoms with Gasteiger partial charge in [-0.25, -0.2) is 9.78 Å². The quantitative estimate of drug-likeness (QED) is 0.618. The van der Waals surface area contributed by atoms with Gasteiger partial charge in [-0.3, -0.25) is 10.1 Å². The number of hydrogen-bond donors (Lipinski definition) is 1. The second kappa shape index (κ2) is 5.09. The molecule has 0 spiro atoms. The monoisotopic (exact) mass is 250 g/mol. The van der Waals surface area contributed by atoms with E-state index in [4.69, 9.17) is 10.4 Å². The van der Waals surface area contributed by atoms with Crippen LogP contribution in [0.25, 0.3) is 0 Å². The van der Waals surface area contributed by atoms with Crippen LogP contribution in [-0.4, -0.2) is 34.1 Å². The highest BCUT2D eigenvalue weighted by atomic mass is 16.6. The number of anilines is 1. The molecule has 1 heterocycles. The van der Waals surface area contributed by atoms with Crippen molar-refractivity contribution in [2.75, 3.05) is 11.9 Å². The summed E-state index contributed by atoms with van der Waals surface area (Å²) < 4.78 is 0. The van der Waals surface area contributed by atoms with Crippen molar-refractivity contribution in [3.05, 3.63) is 27.9 Å². The van der Waals surface area contributed by atoms with Gasteiger partial charge in [-0.05, 0) is 13.0 Å². The summed E-state index contributed by atoms with van der Waals surface area (Å²) in [5.74, 6) is -0.872. The number of rotatable bonds is 4. The van der Waals surface area contributed by atoms with Crippen LogP contribution < -0.4 is 4.90 Å². The Morgan fingerprint density at radius 3 is 2.72 bits per heavy atom. The van der Waals surface area contributed by atoms with Gasteiger partial charge in [-0.15, -0.1) is 0 Å². The normalized spacial score (nSPS) is 11.4. The van der Waals surface area contributed by atoms with Crippen molar-refractivity contribution < 1.29 is 14.8 Å². The summed E-state index contributed by atoms with van der Waals surface area (Å²) in [7, 11) is 1.48. The lowest BCUT2D eigenvalue weighted by Crippen LogP contribution is -2.36. The van der Waals surface area contributed by atoms with E-state index < -0.39 is 22.6 Å². The van der Waals surface area contributed by atoms with Crippen molar-refractivity contribution >= 4 is 17.5 Å². The van der Waals surface area contributed by atoms with Crippen molar-refractivity contribution in [3.8, 4) is 6.07 Å². The van der Waals surface area contributed by atoms with Crippen molar-refractivity contribution in [3.63, 3.8) is 0 Å². The zero-order valence-electron chi connectivity index (χ0n) is 9.69. The van der Waals surface area contributed by atoms with Gasteiger partial charge in [0.1, 0.15) is 17.9 Å². The fourth-order valence-electron chi connectivity index (χ4n) is 1.23. The first-order chi connectivity index (χ1) is 8.38. The van der Waals surface area contributed by atoms with Crippen LogP contribution in [-0.2, 0) is 4.79 Å². The zero-order chi connectivity index (χ0) is 13.9. The van der Waals surface area contributed by atoms with Gasteiger partial charge in [-0.2, -0.15) is 5.26 Å². The molecule has 1 N–H and O–H groups in total. The molecule has 0 saturated heterocycles. The van der Waals surface area contributed by atoms with Crippen LogP contribution in [0.1, 0.15) is 12.6 Å². The third-order valence-corrected chi connectivity index (χ3v) is 2.46. The summed E-state index contributed by atoms with van der Waals surface area (Å²) in [5, 5.41) is 28.2. The summed E-state index contributed by atoms with van der Waals surface area (Å²) in [4.78, 5) is 25.8. The SMILES string of the molecule is CC(C(=O)O)N(C)c1ccc([N+](=O)[O-])c(C#N)n1. The second-order valence-electron chi connectivity index (χ2n) is 3.53. The number of carboxylic acids is 1. The van der Waals surface area contributed by atoms with E-state index in [1.165, 1.54) is 24.9 Å². The molecule has 94 valence electrons. The second-order valence-corrected chi connectivity index (χ2v) is 3.53. The third-order valence-electron chi connectivity index (χ3n) is 2.46. The van der Waals surface area contributed by atoms with Crippen LogP contribution in [0.5, 0.6) is 0 Å². The van der Waals surface area contributed by atoms with E-state index in [2.05, 4.69) is 4.98 Å². The summed E-state index contributed by atoms with van der Waals surface area (Å²) in [6.07, 6.45) is 0. The number of aliphatic carboxylic acids is 1. The largest absolute Gasteiger partial charge is 0.480 e. The summed E-state index contributed by atoms with van der Waals surface area (Å²) in [6.45, 7) is 1.44. The van der Waals surface area contributed by atoms with Crippen molar-refractivity contribution in [2.24, 2.45) is 0 Å². The highest BCUT2D eigenvalue weighted by Crippen LogP contribution is 2.21. The van der Waals surface area contributed by atoms with E-state index in [1.54, 1.807) is 6.07 Å². The van der Waals surface area contributed by atoms with Crippen LogP contribution in [0, 0.1) is 21.4 Å². The minimum Gasteiger partial charge on any atom is -0.480 e. The Morgan fingerprint density at radius 1 is 1.67 bits per heavy atom. The van der Waals surface area contributed by atoms with Gasteiger partial charge in [0.15, 0.2) is 0 Å². The zero-order valence-corrected chi connectivity index (χ0v) is 9.69. The molecule has 8 heteroatoms. The maximum absolute atomic E-state index is 10.8. The molecular formula is C10H10N4O4. The minimum atomic E-state index is -1.06. The Hall–Kier alpha value is -2.69. The molecule has 0 aliphatic heterocycles. The number of carboxylic acid groups (broad SMARTS) is 1. The molecule has 0 saturated carbocycles. The number of pyridine rings is 1. The van der Waals surface area contributed by atoms with Gasteiger partial charge in [0.25, 0.3) is 0 Å². The van der Waals surface area contributed by atoms with Gasteiger partial charge < -0.3 is 10.0 Å². The number of carbonyl (C=O) groups is 1. The molecule has 1 aromatic rings. The maximum Gasteiger partial charge on any atom is 0.326 e. The van der Waals surface area contributed by atoms with E-state index in [1.807, 2.05) is 0 Å². The number of hydrogen-bond acceptors (Lipinski definition) is 6. The van der Waals surface area contributed by atoms with Crippen LogP contribution in [0.3, 0.4) is 0 Å². The lowest BCUT2D eigenvalue weighted by molar-refractivity contribution is -0.385. The number of likely N-dealkylation sites (N-methyl/N-ethyl adjacent to an activating group) is 1. The Labute approximate surface area is 102 Å². The smallest absolute Gasteiger partial charge is 0.326 e. The highest BCUT2D eigenvalue weighted by molar-refractivity contribution is 5.77. The molecule has 18 heavy (non-hydrogen) atoms. The Kier molecular flexibility index (Phi) is 3.78. The van der Waals surface area contributed by atoms with E-state index in [-0.39, 0.29) is 11.5 Å². The van der Waals surface area contributed by atoms with Crippen LogP contribution in [0.2, 0.25) is 0 Å². The average molecular weight is 250 g/mol. The fraction of sp³-hybridized carbons (Fsp3) is 0.300. The van der Waals surface area contributed by atoms with Crippen molar-refractivity contribution in [1.82, 2.24) is 4.98 Å². The standard InChI is InChI=1S/C10H10N4O4/c1-6(10(15)16)13(2)9-4-3-8(14(17)18)7(5-11)12-9/h3-4,6H,1-2H3,(H,15,16). The molecule has 0 amide bonds. The molecule has 1 unspecified atom stereocenters. The van der Waals surface area contributed by atoms with Crippen LogP contribution >= 0.6 is 0 Å². The van der Waals surface area contributed by atoms with E-state index >= 15 is 0 Å². The summed E-state index contributed by atoms with van der Waals surface area (Å²) >= 11 is 0. The molecule has 0 fully saturated rings. The molecule has 0 radical (unpaired) electrons. The van der Waals surface area contributed by atoms with E-state index in [0.29, 0.717) is 0 Å². The molecule has 1 atom stereocenters. The van der Waals surface area contributed by atoms with Gasteiger partial charge in [0.2, 0.25) is 5.69 Å². The van der Waals surface area contributed by atoms with E-state index in [0.717, 1.165) is 6.07 Å². The Bertz CT molecular complexity index is 537. The lowest BCUT2D eigenvalue weighted by atomic mass is 10.2. The minimum absolute atomic E-state index is 0.187. The van der Waals surface area contributed by atoms with Gasteiger partial charge in [-0.1, -0.05) is 0 Å². The average Bonchev–Trinajstić information content (AvgIpc) is 2.35. The van der Waals surface area contributed by atoms with Crippen LogP contribution in [0.15, 0.2) is 12.1 Å². The van der Waals surface area contributed by atoms with Gasteiger partial charge in [0, 0.05) is 13.1 Å². The number of aromatic nitrogens is 1. The topological polar surface area (TPSA) is 120 Å². The lowest BCUT2D eigenvalue weighted by Gasteiger charge is -2.22. The number of nitro groups is 1. The predicted molar refractivity (Wildman–Crippen MR) is 61.1 cm³/mol. The molecular weight excluding hydrogens is 240 g/mol. The molecule has 0 aliphatic carbocycles. The Morgan fingerprint density at radius 2 is 2.28 bits per heavy atom. The van der Waals surface area contributed by atoms with Gasteiger partial charge in [0.05, 0.1) is 4.92 Å². The molecule has 0 aliphatic rings. The number of nitriles is 1. The van der Waals surface area contributed by atoms with E-state index in [9.17, 15) is 14.9 Å². The molecule has 1 rings (SSSR count). The number of nitrogens with zero attached hydrogens (tertiary/aromatic N) is 4. The molecule has 0 bridgehead atoms. The van der Waals surface area contributed by atoms with Crippen LogP contribution in [0.4, 0.5) is 11.5 Å². The first kappa shape index (κ1) is 13.4. The molecule has 1 aromatic heterocycles. The summed E-state index contributed by atoms with van der Waals surface area (Å²) in [5.41, 5.74) is -0.750. The Balaban J connectivity index is 3.18. The summed E-state index contributed by atoms with van der Waals surface area (Å²) in [6, 6.07) is 3.19. The molecule has 8 nitrogen and oxygen atoms in total. The molecule has 0 aromatic carbocycles. The maximum atomic E-state index is 10.8.